The summed E-state index contributed by atoms with van der Waals surface area (Å²) in [6, 6.07) is 12.1. The van der Waals surface area contributed by atoms with Crippen molar-refractivity contribution in [2.75, 3.05) is 13.1 Å². The molecule has 2 heteroatoms. The van der Waals surface area contributed by atoms with Gasteiger partial charge in [-0.25, -0.2) is 0 Å². The second-order valence-corrected chi connectivity index (χ2v) is 5.07. The van der Waals surface area contributed by atoms with Crippen LogP contribution >= 0.6 is 0 Å². The lowest BCUT2D eigenvalue weighted by atomic mass is 10.0. The second-order valence-electron chi connectivity index (χ2n) is 5.07. The summed E-state index contributed by atoms with van der Waals surface area (Å²) in [5.41, 5.74) is 1.03. The average Bonchev–Trinajstić information content (AvgIpc) is 2.43. The van der Waals surface area contributed by atoms with Gasteiger partial charge >= 0.3 is 0 Å². The third-order valence-electron chi connectivity index (χ3n) is 3.46. The number of benzene rings is 2. The molecule has 0 spiro atoms. The fourth-order valence-corrected chi connectivity index (χ4v) is 2.57. The van der Waals surface area contributed by atoms with E-state index >= 15 is 0 Å². The molecule has 0 saturated heterocycles. The SMILES string of the molecule is CCCN(CCC)Cc1ccc2ccccc2c1O. The van der Waals surface area contributed by atoms with Crippen LogP contribution in [0.25, 0.3) is 10.8 Å². The number of hydrogen-bond acceptors (Lipinski definition) is 2. The van der Waals surface area contributed by atoms with Gasteiger partial charge in [0, 0.05) is 17.5 Å². The lowest BCUT2D eigenvalue weighted by Gasteiger charge is -2.21. The van der Waals surface area contributed by atoms with Crippen molar-refractivity contribution in [1.29, 1.82) is 0 Å². The first-order valence-corrected chi connectivity index (χ1v) is 7.18. The van der Waals surface area contributed by atoms with Gasteiger partial charge in [0.2, 0.25) is 0 Å². The van der Waals surface area contributed by atoms with Crippen LogP contribution < -0.4 is 0 Å². The molecule has 0 saturated carbocycles. The van der Waals surface area contributed by atoms with E-state index in [2.05, 4.69) is 30.9 Å². The van der Waals surface area contributed by atoms with Gasteiger partial charge in [0.25, 0.3) is 0 Å². The molecule has 2 nitrogen and oxygen atoms in total. The lowest BCUT2D eigenvalue weighted by molar-refractivity contribution is 0.263. The fraction of sp³-hybridized carbons (Fsp3) is 0.412. The third kappa shape index (κ3) is 3.27. The molecule has 2 rings (SSSR count). The molecule has 0 atom stereocenters. The molecule has 2 aromatic carbocycles. The molecule has 0 heterocycles. The van der Waals surface area contributed by atoms with E-state index in [9.17, 15) is 5.11 Å². The molecule has 102 valence electrons. The number of fused-ring (bicyclic) bond motifs is 1. The van der Waals surface area contributed by atoms with Crippen molar-refractivity contribution < 1.29 is 5.11 Å². The van der Waals surface area contributed by atoms with Crippen LogP contribution in [0.15, 0.2) is 36.4 Å². The van der Waals surface area contributed by atoms with Gasteiger partial charge < -0.3 is 5.11 Å². The average molecular weight is 257 g/mol. The summed E-state index contributed by atoms with van der Waals surface area (Å²) in [5, 5.41) is 12.5. The molecule has 0 bridgehead atoms. The lowest BCUT2D eigenvalue weighted by Crippen LogP contribution is -2.24. The third-order valence-corrected chi connectivity index (χ3v) is 3.46. The standard InChI is InChI=1S/C17H23NO/c1-3-11-18(12-4-2)13-15-10-9-14-7-5-6-8-16(14)17(15)19/h5-10,19H,3-4,11-13H2,1-2H3. The Labute approximate surface area is 115 Å². The monoisotopic (exact) mass is 257 g/mol. The molecule has 0 radical (unpaired) electrons. The van der Waals surface area contributed by atoms with E-state index in [-0.39, 0.29) is 0 Å². The molecule has 1 N–H and O–H groups in total. The van der Waals surface area contributed by atoms with Crippen LogP contribution in [-0.4, -0.2) is 23.1 Å². The van der Waals surface area contributed by atoms with E-state index in [0.29, 0.717) is 5.75 Å². The van der Waals surface area contributed by atoms with Crippen molar-refractivity contribution in [3.8, 4) is 5.75 Å². The minimum Gasteiger partial charge on any atom is -0.507 e. The molecule has 0 aliphatic heterocycles. The Morgan fingerprint density at radius 3 is 2.32 bits per heavy atom. The van der Waals surface area contributed by atoms with Crippen LogP contribution in [0.3, 0.4) is 0 Å². The molecular formula is C17H23NO. The summed E-state index contributed by atoms with van der Waals surface area (Å²) in [6.07, 6.45) is 2.29. The zero-order valence-corrected chi connectivity index (χ0v) is 11.9. The van der Waals surface area contributed by atoms with Crippen molar-refractivity contribution in [2.45, 2.75) is 33.2 Å². The summed E-state index contributed by atoms with van der Waals surface area (Å²) in [7, 11) is 0. The Morgan fingerprint density at radius 1 is 0.947 bits per heavy atom. The quantitative estimate of drug-likeness (QED) is 0.839. The topological polar surface area (TPSA) is 23.5 Å². The highest BCUT2D eigenvalue weighted by Gasteiger charge is 2.10. The molecule has 2 aromatic rings. The summed E-state index contributed by atoms with van der Waals surface area (Å²) >= 11 is 0. The summed E-state index contributed by atoms with van der Waals surface area (Å²) in [6.45, 7) is 7.39. The first-order chi connectivity index (χ1) is 9.26. The first kappa shape index (κ1) is 13.9. The van der Waals surface area contributed by atoms with E-state index < -0.39 is 0 Å². The van der Waals surface area contributed by atoms with Gasteiger partial charge in [-0.3, -0.25) is 4.90 Å². The van der Waals surface area contributed by atoms with Gasteiger partial charge in [0.15, 0.2) is 0 Å². The van der Waals surface area contributed by atoms with Gasteiger partial charge in [0.1, 0.15) is 5.75 Å². The predicted octanol–water partition coefficient (Wildman–Crippen LogP) is 4.17. The van der Waals surface area contributed by atoms with Crippen molar-refractivity contribution in [2.24, 2.45) is 0 Å². The van der Waals surface area contributed by atoms with E-state index in [1.807, 2.05) is 24.3 Å². The van der Waals surface area contributed by atoms with E-state index in [1.165, 1.54) is 0 Å². The number of phenols is 1. The largest absolute Gasteiger partial charge is 0.507 e. The minimum atomic E-state index is 0.440. The van der Waals surface area contributed by atoms with Gasteiger partial charge in [-0.05, 0) is 31.3 Å². The molecule has 0 aromatic heterocycles. The van der Waals surface area contributed by atoms with Gasteiger partial charge in [-0.2, -0.15) is 0 Å². The predicted molar refractivity (Wildman–Crippen MR) is 81.5 cm³/mol. The van der Waals surface area contributed by atoms with Crippen molar-refractivity contribution in [3.05, 3.63) is 42.0 Å². The molecule has 0 fully saturated rings. The second kappa shape index (κ2) is 6.58. The Balaban J connectivity index is 2.26. The molecule has 0 amide bonds. The van der Waals surface area contributed by atoms with Gasteiger partial charge in [-0.15, -0.1) is 0 Å². The fourth-order valence-electron chi connectivity index (χ4n) is 2.57. The summed E-state index contributed by atoms with van der Waals surface area (Å²) in [5.74, 6) is 0.440. The number of aromatic hydroxyl groups is 1. The van der Waals surface area contributed by atoms with Crippen LogP contribution in [0.4, 0.5) is 0 Å². The van der Waals surface area contributed by atoms with Crippen LogP contribution in [0.5, 0.6) is 5.75 Å². The highest BCUT2D eigenvalue weighted by molar-refractivity contribution is 5.89. The van der Waals surface area contributed by atoms with Crippen molar-refractivity contribution in [3.63, 3.8) is 0 Å². The molecule has 19 heavy (non-hydrogen) atoms. The van der Waals surface area contributed by atoms with Crippen LogP contribution in [0, 0.1) is 0 Å². The van der Waals surface area contributed by atoms with Crippen molar-refractivity contribution >= 4 is 10.8 Å². The Hall–Kier alpha value is -1.54. The van der Waals surface area contributed by atoms with Gasteiger partial charge in [0.05, 0.1) is 0 Å². The Morgan fingerprint density at radius 2 is 1.63 bits per heavy atom. The van der Waals surface area contributed by atoms with E-state index in [0.717, 1.165) is 48.8 Å². The van der Waals surface area contributed by atoms with Crippen LogP contribution in [-0.2, 0) is 6.54 Å². The van der Waals surface area contributed by atoms with Crippen LogP contribution in [0.2, 0.25) is 0 Å². The molecule has 0 unspecified atom stereocenters. The zero-order chi connectivity index (χ0) is 13.7. The molecular weight excluding hydrogens is 234 g/mol. The minimum absolute atomic E-state index is 0.440. The maximum absolute atomic E-state index is 10.4. The van der Waals surface area contributed by atoms with Crippen molar-refractivity contribution in [1.82, 2.24) is 4.90 Å². The zero-order valence-electron chi connectivity index (χ0n) is 11.9. The van der Waals surface area contributed by atoms with E-state index in [4.69, 9.17) is 0 Å². The van der Waals surface area contributed by atoms with Crippen LogP contribution in [0.1, 0.15) is 32.3 Å². The Kier molecular flexibility index (Phi) is 4.80. The number of phenolic OH excluding ortho intramolecular Hbond substituents is 1. The normalized spacial score (nSPS) is 11.3. The maximum atomic E-state index is 10.4. The summed E-state index contributed by atoms with van der Waals surface area (Å²) < 4.78 is 0. The number of hydrogen-bond donors (Lipinski definition) is 1. The number of rotatable bonds is 6. The smallest absolute Gasteiger partial charge is 0.127 e. The van der Waals surface area contributed by atoms with Gasteiger partial charge in [-0.1, -0.05) is 50.2 Å². The highest BCUT2D eigenvalue weighted by atomic mass is 16.3. The highest BCUT2D eigenvalue weighted by Crippen LogP contribution is 2.29. The Bertz CT molecular complexity index is 530. The maximum Gasteiger partial charge on any atom is 0.127 e. The van der Waals surface area contributed by atoms with E-state index in [1.54, 1.807) is 0 Å². The number of nitrogens with zero attached hydrogens (tertiary/aromatic N) is 1. The molecule has 0 aliphatic rings. The summed E-state index contributed by atoms with van der Waals surface area (Å²) in [4.78, 5) is 2.41. The molecule has 0 aliphatic carbocycles. The first-order valence-electron chi connectivity index (χ1n) is 7.18.